The average molecular weight is 442 g/mol. The molecule has 6 heteroatoms. The molecule has 32 heavy (non-hydrogen) atoms. The molecule has 1 fully saturated rings. The number of carbonyl (C=O) groups excluding carboxylic acids is 2. The predicted molar refractivity (Wildman–Crippen MR) is 128 cm³/mol. The zero-order valence-electron chi connectivity index (χ0n) is 17.9. The molecule has 4 aromatic rings. The summed E-state index contributed by atoms with van der Waals surface area (Å²) in [5, 5.41) is 2.62. The van der Waals surface area contributed by atoms with Gasteiger partial charge < -0.3 is 0 Å². The van der Waals surface area contributed by atoms with Crippen LogP contribution in [0.1, 0.15) is 46.9 Å². The molecule has 0 saturated carbocycles. The number of rotatable bonds is 4. The number of hydrogen-bond donors (Lipinski definition) is 0. The first-order chi connectivity index (χ1) is 15.7. The first-order valence-corrected chi connectivity index (χ1v) is 12.0. The van der Waals surface area contributed by atoms with Gasteiger partial charge in [0, 0.05) is 34.5 Å². The molecule has 2 aliphatic rings. The van der Waals surface area contributed by atoms with Gasteiger partial charge in [0.1, 0.15) is 5.01 Å². The van der Waals surface area contributed by atoms with E-state index in [9.17, 15) is 9.59 Å². The molecule has 0 unspecified atom stereocenters. The number of benzene rings is 3. The molecule has 0 N–H and O–H groups in total. The van der Waals surface area contributed by atoms with E-state index in [1.54, 1.807) is 11.3 Å². The largest absolute Gasteiger partial charge is 0.283 e. The van der Waals surface area contributed by atoms with E-state index >= 15 is 0 Å². The maximum Gasteiger partial charge on any atom is 0.262 e. The van der Waals surface area contributed by atoms with Crippen LogP contribution in [-0.4, -0.2) is 45.9 Å². The second kappa shape index (κ2) is 7.50. The highest BCUT2D eigenvalue weighted by atomic mass is 32.1. The number of amides is 2. The molecular weight excluding hydrogens is 418 g/mol. The Bertz CT molecular complexity index is 1380. The molecule has 2 amide bonds. The fourth-order valence-corrected chi connectivity index (χ4v) is 6.23. The molecule has 0 spiro atoms. The molecule has 2 aliphatic heterocycles. The van der Waals surface area contributed by atoms with E-state index in [0.717, 1.165) is 57.4 Å². The Morgan fingerprint density at radius 3 is 2.66 bits per heavy atom. The topological polar surface area (TPSA) is 53.5 Å². The molecule has 0 radical (unpaired) electrons. The highest BCUT2D eigenvalue weighted by Gasteiger charge is 2.36. The minimum absolute atomic E-state index is 0.193. The minimum atomic E-state index is -0.211. The van der Waals surface area contributed by atoms with Crippen molar-refractivity contribution < 1.29 is 9.59 Å². The van der Waals surface area contributed by atoms with Crippen LogP contribution < -0.4 is 0 Å². The monoisotopic (exact) mass is 441 g/mol. The summed E-state index contributed by atoms with van der Waals surface area (Å²) in [5.74, 6) is -0.404. The number of hydrogen-bond acceptors (Lipinski definition) is 5. The van der Waals surface area contributed by atoms with Crippen LogP contribution in [0.3, 0.4) is 0 Å². The van der Waals surface area contributed by atoms with Crippen LogP contribution in [0.4, 0.5) is 0 Å². The highest BCUT2D eigenvalue weighted by Crippen LogP contribution is 2.40. The highest BCUT2D eigenvalue weighted by molar-refractivity contribution is 7.22. The van der Waals surface area contributed by atoms with Crippen LogP contribution in [0.25, 0.3) is 31.6 Å². The van der Waals surface area contributed by atoms with Gasteiger partial charge in [-0.25, -0.2) is 4.98 Å². The van der Waals surface area contributed by atoms with Gasteiger partial charge in [0.25, 0.3) is 11.8 Å². The van der Waals surface area contributed by atoms with Gasteiger partial charge in [0.05, 0.1) is 22.4 Å². The molecule has 0 aliphatic carbocycles. The predicted octanol–water partition coefficient (Wildman–Crippen LogP) is 5.54. The summed E-state index contributed by atoms with van der Waals surface area (Å²) < 4.78 is 1.02. The minimum Gasteiger partial charge on any atom is -0.283 e. The van der Waals surface area contributed by atoms with Crippen molar-refractivity contribution in [3.05, 3.63) is 65.7 Å². The number of imide groups is 1. The van der Waals surface area contributed by atoms with Crippen LogP contribution in [0.5, 0.6) is 0 Å². The summed E-state index contributed by atoms with van der Waals surface area (Å²) in [6, 6.07) is 18.2. The van der Waals surface area contributed by atoms with Crippen molar-refractivity contribution in [2.45, 2.75) is 32.2 Å². The second-order valence-electron chi connectivity index (χ2n) is 8.58. The Morgan fingerprint density at radius 1 is 1.03 bits per heavy atom. The van der Waals surface area contributed by atoms with E-state index in [4.69, 9.17) is 4.98 Å². The van der Waals surface area contributed by atoms with Gasteiger partial charge in [-0.1, -0.05) is 49.4 Å². The molecule has 1 aromatic heterocycles. The van der Waals surface area contributed by atoms with Gasteiger partial charge in [-0.3, -0.25) is 19.4 Å². The molecule has 1 atom stereocenters. The summed E-state index contributed by atoms with van der Waals surface area (Å²) in [7, 11) is 0. The van der Waals surface area contributed by atoms with Crippen molar-refractivity contribution in [2.24, 2.45) is 0 Å². The van der Waals surface area contributed by atoms with Gasteiger partial charge in [0.2, 0.25) is 0 Å². The van der Waals surface area contributed by atoms with Gasteiger partial charge in [-0.05, 0) is 31.4 Å². The molecule has 5 nitrogen and oxygen atoms in total. The summed E-state index contributed by atoms with van der Waals surface area (Å²) in [4.78, 5) is 35.6. The smallest absolute Gasteiger partial charge is 0.262 e. The van der Waals surface area contributed by atoms with Gasteiger partial charge in [-0.15, -0.1) is 11.3 Å². The first-order valence-electron chi connectivity index (χ1n) is 11.2. The first kappa shape index (κ1) is 19.6. The number of thiazole rings is 1. The lowest BCUT2D eigenvalue weighted by molar-refractivity contribution is 0.0481. The van der Waals surface area contributed by atoms with E-state index < -0.39 is 0 Å². The molecule has 1 saturated heterocycles. The summed E-state index contributed by atoms with van der Waals surface area (Å²) in [6.45, 7) is 3.46. The van der Waals surface area contributed by atoms with Crippen molar-refractivity contribution in [3.63, 3.8) is 0 Å². The van der Waals surface area contributed by atoms with Gasteiger partial charge in [-0.2, -0.15) is 0 Å². The zero-order chi connectivity index (χ0) is 21.8. The summed E-state index contributed by atoms with van der Waals surface area (Å²) in [6.07, 6.45) is 3.27. The number of fused-ring (bicyclic) bond motifs is 2. The van der Waals surface area contributed by atoms with E-state index in [2.05, 4.69) is 11.8 Å². The van der Waals surface area contributed by atoms with E-state index in [1.807, 2.05) is 54.6 Å². The summed E-state index contributed by atoms with van der Waals surface area (Å²) >= 11 is 1.61. The van der Waals surface area contributed by atoms with Gasteiger partial charge >= 0.3 is 0 Å². The summed E-state index contributed by atoms with van der Waals surface area (Å²) in [5.41, 5.74) is 3.06. The molecule has 3 aromatic carbocycles. The van der Waals surface area contributed by atoms with Crippen LogP contribution >= 0.6 is 11.3 Å². The van der Waals surface area contributed by atoms with Crippen LogP contribution in [0.2, 0.25) is 0 Å². The normalized spacial score (nSPS) is 18.9. The van der Waals surface area contributed by atoms with Crippen molar-refractivity contribution in [3.8, 4) is 10.6 Å². The van der Waals surface area contributed by atoms with E-state index in [1.165, 1.54) is 4.90 Å². The van der Waals surface area contributed by atoms with Gasteiger partial charge in [0.15, 0.2) is 0 Å². The van der Waals surface area contributed by atoms with E-state index in [-0.39, 0.29) is 11.8 Å². The molecule has 160 valence electrons. The maximum atomic E-state index is 13.6. The fourth-order valence-electron chi connectivity index (χ4n) is 5.15. The number of carbonyl (C=O) groups is 2. The molecule has 0 bridgehead atoms. The number of nitrogens with zero attached hydrogens (tertiary/aromatic N) is 3. The third-order valence-electron chi connectivity index (χ3n) is 6.78. The Morgan fingerprint density at radius 2 is 1.84 bits per heavy atom. The Balaban J connectivity index is 1.49. The van der Waals surface area contributed by atoms with E-state index in [0.29, 0.717) is 23.8 Å². The van der Waals surface area contributed by atoms with Crippen LogP contribution in [0.15, 0.2) is 54.6 Å². The Kier molecular flexibility index (Phi) is 4.59. The van der Waals surface area contributed by atoms with Crippen molar-refractivity contribution in [2.75, 3.05) is 13.2 Å². The van der Waals surface area contributed by atoms with Crippen LogP contribution in [0, 0.1) is 0 Å². The SMILES string of the molecule is CC[C@H]1CCCN1CN1C(=O)c2cccc3c2c(cc2nc(-c4ccccc4)sc23)C1=O. The Labute approximate surface area is 190 Å². The lowest BCUT2D eigenvalue weighted by Crippen LogP contribution is -2.48. The lowest BCUT2D eigenvalue weighted by atomic mass is 9.94. The number of likely N-dealkylation sites (tertiary alicyclic amines) is 1. The van der Waals surface area contributed by atoms with Crippen molar-refractivity contribution >= 4 is 44.1 Å². The lowest BCUT2D eigenvalue weighted by Gasteiger charge is -2.33. The Hall–Kier alpha value is -3.09. The van der Waals surface area contributed by atoms with Crippen molar-refractivity contribution in [1.82, 2.24) is 14.8 Å². The second-order valence-corrected chi connectivity index (χ2v) is 9.58. The maximum absolute atomic E-state index is 13.6. The quantitative estimate of drug-likeness (QED) is 0.390. The average Bonchev–Trinajstić information content (AvgIpc) is 3.47. The van der Waals surface area contributed by atoms with Crippen LogP contribution in [-0.2, 0) is 0 Å². The third-order valence-corrected chi connectivity index (χ3v) is 7.93. The molecular formula is C26H23N3O2S. The number of aromatic nitrogens is 1. The standard InChI is InChI=1S/C26H23N3O2S/c1-2-17-10-7-13-28(17)15-29-25(30)19-12-6-11-18-22(19)20(26(29)31)14-21-23(18)32-24(27-21)16-8-4-3-5-9-16/h3-6,8-9,11-12,14,17H,2,7,10,13,15H2,1H3/t17-/m0/s1. The van der Waals surface area contributed by atoms with Crippen molar-refractivity contribution in [1.29, 1.82) is 0 Å². The fraction of sp³-hybridized carbons (Fsp3) is 0.269. The molecule has 6 rings (SSSR count). The molecule has 3 heterocycles. The zero-order valence-corrected chi connectivity index (χ0v) is 18.7. The third kappa shape index (κ3) is 2.90.